The number of benzene rings is 2. The van der Waals surface area contributed by atoms with Crippen molar-refractivity contribution < 1.29 is 9.18 Å². The third-order valence-electron chi connectivity index (χ3n) is 4.29. The largest absolute Gasteiger partial charge is 0.337 e. The quantitative estimate of drug-likeness (QED) is 0.775. The van der Waals surface area contributed by atoms with E-state index >= 15 is 0 Å². The Morgan fingerprint density at radius 3 is 2.56 bits per heavy atom. The standard InChI is InChI=1S/C20H20ClFN2O/c21-18-6-3-4-16(14-18)15-23-10-12-24(13-11-23)20(25)9-8-17-5-1-2-7-19(17)22/h1-9,14H,10-13,15H2/b9-8+. The number of hydrogen-bond acceptors (Lipinski definition) is 2. The van der Waals surface area contributed by atoms with E-state index in [2.05, 4.69) is 11.0 Å². The van der Waals surface area contributed by atoms with Crippen molar-refractivity contribution in [2.45, 2.75) is 6.54 Å². The van der Waals surface area contributed by atoms with Crippen molar-refractivity contribution in [1.29, 1.82) is 0 Å². The summed E-state index contributed by atoms with van der Waals surface area (Å²) in [5, 5.41) is 0.740. The second-order valence-corrected chi connectivity index (χ2v) is 6.52. The van der Waals surface area contributed by atoms with Crippen LogP contribution in [0.15, 0.2) is 54.6 Å². The Balaban J connectivity index is 1.51. The van der Waals surface area contributed by atoms with Crippen LogP contribution in [0.1, 0.15) is 11.1 Å². The summed E-state index contributed by atoms with van der Waals surface area (Å²) in [5.41, 5.74) is 1.60. The van der Waals surface area contributed by atoms with Crippen molar-refractivity contribution in [2.24, 2.45) is 0 Å². The maximum absolute atomic E-state index is 13.6. The Bertz CT molecular complexity index is 770. The third kappa shape index (κ3) is 4.91. The second-order valence-electron chi connectivity index (χ2n) is 6.09. The predicted octanol–water partition coefficient (Wildman–Crippen LogP) is 3.84. The van der Waals surface area contributed by atoms with Crippen LogP contribution in [0.3, 0.4) is 0 Å². The van der Waals surface area contributed by atoms with Crippen molar-refractivity contribution in [3.8, 4) is 0 Å². The van der Waals surface area contributed by atoms with Gasteiger partial charge in [0.25, 0.3) is 0 Å². The first-order valence-corrected chi connectivity index (χ1v) is 8.68. The molecule has 25 heavy (non-hydrogen) atoms. The molecule has 5 heteroatoms. The van der Waals surface area contributed by atoms with Gasteiger partial charge in [-0.1, -0.05) is 41.9 Å². The lowest BCUT2D eigenvalue weighted by Gasteiger charge is -2.34. The maximum Gasteiger partial charge on any atom is 0.246 e. The van der Waals surface area contributed by atoms with Gasteiger partial charge in [-0.2, -0.15) is 0 Å². The Morgan fingerprint density at radius 1 is 1.08 bits per heavy atom. The third-order valence-corrected chi connectivity index (χ3v) is 4.52. The molecule has 0 aromatic heterocycles. The first-order valence-electron chi connectivity index (χ1n) is 8.30. The fourth-order valence-electron chi connectivity index (χ4n) is 2.90. The van der Waals surface area contributed by atoms with Crippen LogP contribution in [-0.4, -0.2) is 41.9 Å². The molecule has 0 atom stereocenters. The van der Waals surface area contributed by atoms with Gasteiger partial charge in [0.15, 0.2) is 0 Å². The number of rotatable bonds is 4. The molecular formula is C20H20ClFN2O. The molecule has 2 aromatic rings. The van der Waals surface area contributed by atoms with E-state index in [1.807, 2.05) is 18.2 Å². The Morgan fingerprint density at radius 2 is 1.84 bits per heavy atom. The van der Waals surface area contributed by atoms with E-state index in [0.29, 0.717) is 18.7 Å². The number of hydrogen-bond donors (Lipinski definition) is 0. The van der Waals surface area contributed by atoms with E-state index < -0.39 is 0 Å². The highest BCUT2D eigenvalue weighted by molar-refractivity contribution is 6.30. The minimum absolute atomic E-state index is 0.0781. The number of carbonyl (C=O) groups is 1. The highest BCUT2D eigenvalue weighted by Gasteiger charge is 2.19. The summed E-state index contributed by atoms with van der Waals surface area (Å²) in [6, 6.07) is 14.3. The summed E-state index contributed by atoms with van der Waals surface area (Å²) < 4.78 is 13.6. The molecule has 0 aliphatic carbocycles. The Hall–Kier alpha value is -2.17. The normalized spacial score (nSPS) is 15.7. The zero-order valence-electron chi connectivity index (χ0n) is 13.9. The molecule has 1 heterocycles. The minimum Gasteiger partial charge on any atom is -0.337 e. The van der Waals surface area contributed by atoms with Gasteiger partial charge in [0.1, 0.15) is 5.82 Å². The van der Waals surface area contributed by atoms with E-state index in [1.165, 1.54) is 23.8 Å². The van der Waals surface area contributed by atoms with Crippen LogP contribution in [-0.2, 0) is 11.3 Å². The molecule has 0 unspecified atom stereocenters. The SMILES string of the molecule is O=C(/C=C/c1ccccc1F)N1CCN(Cc2cccc(Cl)c2)CC1. The molecule has 2 aromatic carbocycles. The van der Waals surface area contributed by atoms with Gasteiger partial charge in [0.2, 0.25) is 5.91 Å². The highest BCUT2D eigenvalue weighted by Crippen LogP contribution is 2.14. The highest BCUT2D eigenvalue weighted by atomic mass is 35.5. The predicted molar refractivity (Wildman–Crippen MR) is 98.7 cm³/mol. The summed E-state index contributed by atoms with van der Waals surface area (Å²) >= 11 is 6.02. The lowest BCUT2D eigenvalue weighted by Crippen LogP contribution is -2.47. The van der Waals surface area contributed by atoms with Crippen LogP contribution in [0.25, 0.3) is 6.08 Å². The molecule has 0 bridgehead atoms. The van der Waals surface area contributed by atoms with Crippen molar-refractivity contribution in [1.82, 2.24) is 9.80 Å². The van der Waals surface area contributed by atoms with Crippen molar-refractivity contribution in [3.05, 3.63) is 76.6 Å². The molecule has 1 amide bonds. The van der Waals surface area contributed by atoms with E-state index in [0.717, 1.165) is 24.7 Å². The zero-order chi connectivity index (χ0) is 17.6. The Kier molecular flexibility index (Phi) is 5.84. The van der Waals surface area contributed by atoms with E-state index in [4.69, 9.17) is 11.6 Å². The van der Waals surface area contributed by atoms with Crippen LogP contribution in [0.5, 0.6) is 0 Å². The molecule has 1 aliphatic rings. The van der Waals surface area contributed by atoms with Crippen LogP contribution in [0.4, 0.5) is 4.39 Å². The van der Waals surface area contributed by atoms with Gasteiger partial charge in [-0.3, -0.25) is 9.69 Å². The second kappa shape index (κ2) is 8.28. The fraction of sp³-hybridized carbons (Fsp3) is 0.250. The van der Waals surface area contributed by atoms with Gasteiger partial charge in [-0.05, 0) is 29.8 Å². The molecule has 0 saturated carbocycles. The number of halogens is 2. The summed E-state index contributed by atoms with van der Waals surface area (Å²) in [6.45, 7) is 3.78. The van der Waals surface area contributed by atoms with E-state index in [9.17, 15) is 9.18 Å². The van der Waals surface area contributed by atoms with Crippen LogP contribution in [0, 0.1) is 5.82 Å². The minimum atomic E-state index is -0.321. The van der Waals surface area contributed by atoms with E-state index in [1.54, 1.807) is 23.1 Å². The first-order chi connectivity index (χ1) is 12.1. The molecule has 3 rings (SSSR count). The van der Waals surface area contributed by atoms with Gasteiger partial charge >= 0.3 is 0 Å². The molecule has 1 aliphatic heterocycles. The van der Waals surface area contributed by atoms with Crippen molar-refractivity contribution in [2.75, 3.05) is 26.2 Å². The summed E-state index contributed by atoms with van der Waals surface area (Å²) in [6.07, 6.45) is 2.99. The summed E-state index contributed by atoms with van der Waals surface area (Å²) in [4.78, 5) is 16.4. The monoisotopic (exact) mass is 358 g/mol. The van der Waals surface area contributed by atoms with Gasteiger partial charge in [-0.15, -0.1) is 0 Å². The molecule has 0 radical (unpaired) electrons. The van der Waals surface area contributed by atoms with Gasteiger partial charge < -0.3 is 4.90 Å². The zero-order valence-corrected chi connectivity index (χ0v) is 14.6. The fourth-order valence-corrected chi connectivity index (χ4v) is 3.11. The molecule has 0 spiro atoms. The topological polar surface area (TPSA) is 23.6 Å². The average Bonchev–Trinajstić information content (AvgIpc) is 2.61. The molecule has 1 fully saturated rings. The molecule has 130 valence electrons. The molecular weight excluding hydrogens is 339 g/mol. The number of amides is 1. The first kappa shape index (κ1) is 17.6. The molecule has 1 saturated heterocycles. The van der Waals surface area contributed by atoms with Gasteiger partial charge in [0.05, 0.1) is 0 Å². The number of carbonyl (C=O) groups excluding carboxylic acids is 1. The number of nitrogens with zero attached hydrogens (tertiary/aromatic N) is 2. The maximum atomic E-state index is 13.6. The Labute approximate surface area is 152 Å². The van der Waals surface area contributed by atoms with Crippen LogP contribution < -0.4 is 0 Å². The van der Waals surface area contributed by atoms with Gasteiger partial charge in [-0.25, -0.2) is 4.39 Å². The summed E-state index contributed by atoms with van der Waals surface area (Å²) in [5.74, 6) is -0.399. The van der Waals surface area contributed by atoms with E-state index in [-0.39, 0.29) is 11.7 Å². The smallest absolute Gasteiger partial charge is 0.246 e. The van der Waals surface area contributed by atoms with Crippen molar-refractivity contribution >= 4 is 23.6 Å². The lowest BCUT2D eigenvalue weighted by molar-refractivity contribution is -0.127. The average molecular weight is 359 g/mol. The van der Waals surface area contributed by atoms with Crippen LogP contribution in [0.2, 0.25) is 5.02 Å². The van der Waals surface area contributed by atoms with Crippen molar-refractivity contribution in [3.63, 3.8) is 0 Å². The molecule has 0 N–H and O–H groups in total. The van der Waals surface area contributed by atoms with Crippen LogP contribution >= 0.6 is 11.6 Å². The molecule has 3 nitrogen and oxygen atoms in total. The number of piperazine rings is 1. The summed E-state index contributed by atoms with van der Waals surface area (Å²) in [7, 11) is 0. The van der Waals surface area contributed by atoms with Gasteiger partial charge in [0, 0.05) is 49.4 Å². The lowest BCUT2D eigenvalue weighted by atomic mass is 10.2.